The van der Waals surface area contributed by atoms with Gasteiger partial charge in [0.05, 0.1) is 11.2 Å². The quantitative estimate of drug-likeness (QED) is 0.501. The molecule has 2 N–H and O–H groups in total. The van der Waals surface area contributed by atoms with Crippen molar-refractivity contribution in [3.05, 3.63) is 82.0 Å². The Hall–Kier alpha value is -2.60. The molecule has 0 radical (unpaired) electrons. The summed E-state index contributed by atoms with van der Waals surface area (Å²) >= 11 is 12.0. The van der Waals surface area contributed by atoms with E-state index in [0.29, 0.717) is 32.7 Å². The van der Waals surface area contributed by atoms with Gasteiger partial charge in [0.2, 0.25) is 0 Å². The highest BCUT2D eigenvalue weighted by molar-refractivity contribution is 6.36. The number of hydrogen-bond acceptors (Lipinski definition) is 4. The van der Waals surface area contributed by atoms with E-state index in [1.807, 2.05) is 0 Å². The van der Waals surface area contributed by atoms with E-state index in [1.165, 1.54) is 6.21 Å². The van der Waals surface area contributed by atoms with E-state index in [2.05, 4.69) is 10.5 Å². The van der Waals surface area contributed by atoms with E-state index in [1.54, 1.807) is 60.7 Å². The topological polar surface area (TPSA) is 74.8 Å². The molecule has 0 spiro atoms. The Bertz CT molecular complexity index is 939. The number of benzene rings is 2. The molecule has 3 aromatic rings. The minimum atomic E-state index is -1.30. The van der Waals surface area contributed by atoms with Crippen LogP contribution in [0.1, 0.15) is 17.4 Å². The Labute approximate surface area is 159 Å². The smallest absolute Gasteiger partial charge is 0.273 e. The summed E-state index contributed by atoms with van der Waals surface area (Å²) in [6, 6.07) is 17.1. The summed E-state index contributed by atoms with van der Waals surface area (Å²) in [6.45, 7) is 0. The number of hydrogen-bond donors (Lipinski definition) is 2. The van der Waals surface area contributed by atoms with Crippen molar-refractivity contribution in [1.29, 1.82) is 0 Å². The number of carbonyl (C=O) groups is 1. The molecule has 2 aromatic carbocycles. The lowest BCUT2D eigenvalue weighted by molar-refractivity contribution is -0.129. The minimum Gasteiger partial charge on any atom is -0.455 e. The summed E-state index contributed by atoms with van der Waals surface area (Å²) in [5, 5.41) is 14.8. The van der Waals surface area contributed by atoms with Gasteiger partial charge in [-0.15, -0.1) is 0 Å². The third-order valence-electron chi connectivity index (χ3n) is 3.55. The number of carbonyl (C=O) groups excluding carboxylic acids is 1. The van der Waals surface area contributed by atoms with Gasteiger partial charge in [-0.25, -0.2) is 5.43 Å². The van der Waals surface area contributed by atoms with Crippen LogP contribution in [0.15, 0.2) is 70.2 Å². The Morgan fingerprint density at radius 3 is 2.62 bits per heavy atom. The van der Waals surface area contributed by atoms with Crippen molar-refractivity contribution in [2.45, 2.75) is 6.10 Å². The number of amides is 1. The predicted octanol–water partition coefficient (Wildman–Crippen LogP) is 4.44. The van der Waals surface area contributed by atoms with E-state index >= 15 is 0 Å². The van der Waals surface area contributed by atoms with Crippen molar-refractivity contribution in [1.82, 2.24) is 5.43 Å². The van der Waals surface area contributed by atoms with Crippen LogP contribution in [0.4, 0.5) is 0 Å². The summed E-state index contributed by atoms with van der Waals surface area (Å²) in [5.74, 6) is 0.323. The van der Waals surface area contributed by atoms with Crippen molar-refractivity contribution >= 4 is 35.3 Å². The molecular weight excluding hydrogens is 375 g/mol. The van der Waals surface area contributed by atoms with Crippen LogP contribution in [-0.4, -0.2) is 17.2 Å². The fraction of sp³-hybridized carbons (Fsp3) is 0.0526. The van der Waals surface area contributed by atoms with Gasteiger partial charge in [0.15, 0.2) is 6.10 Å². The first kappa shape index (κ1) is 18.2. The van der Waals surface area contributed by atoms with E-state index in [-0.39, 0.29) is 0 Å². The largest absolute Gasteiger partial charge is 0.455 e. The molecule has 0 fully saturated rings. The molecule has 1 atom stereocenters. The summed E-state index contributed by atoms with van der Waals surface area (Å²) in [7, 11) is 0. The maximum atomic E-state index is 11.9. The molecule has 26 heavy (non-hydrogen) atoms. The zero-order valence-electron chi connectivity index (χ0n) is 13.4. The van der Waals surface area contributed by atoms with E-state index < -0.39 is 12.0 Å². The van der Waals surface area contributed by atoms with E-state index in [9.17, 15) is 9.90 Å². The number of nitrogens with zero attached hydrogens (tertiary/aromatic N) is 1. The molecule has 132 valence electrons. The van der Waals surface area contributed by atoms with Crippen molar-refractivity contribution in [3.8, 4) is 11.3 Å². The SMILES string of the molecule is O=C(NN=Cc1ccc(-c2ccc(Cl)cc2Cl)o1)C(O)c1ccccc1. The molecule has 1 heterocycles. The number of aliphatic hydroxyl groups excluding tert-OH is 1. The molecule has 0 bridgehead atoms. The number of halogens is 2. The Kier molecular flexibility index (Phi) is 5.73. The molecule has 0 aliphatic rings. The van der Waals surface area contributed by atoms with Crippen LogP contribution in [-0.2, 0) is 4.79 Å². The van der Waals surface area contributed by atoms with Crippen molar-refractivity contribution < 1.29 is 14.3 Å². The van der Waals surface area contributed by atoms with Crippen LogP contribution in [0.25, 0.3) is 11.3 Å². The van der Waals surface area contributed by atoms with Crippen LogP contribution in [0, 0.1) is 0 Å². The highest BCUT2D eigenvalue weighted by Crippen LogP contribution is 2.31. The molecule has 0 saturated carbocycles. The van der Waals surface area contributed by atoms with Gasteiger partial charge < -0.3 is 9.52 Å². The van der Waals surface area contributed by atoms with Gasteiger partial charge in [-0.05, 0) is 35.9 Å². The lowest BCUT2D eigenvalue weighted by atomic mass is 10.1. The van der Waals surface area contributed by atoms with Crippen LogP contribution in [0.5, 0.6) is 0 Å². The van der Waals surface area contributed by atoms with Gasteiger partial charge in [0, 0.05) is 10.6 Å². The molecule has 0 saturated heterocycles. The summed E-state index contributed by atoms with van der Waals surface area (Å²) in [4.78, 5) is 11.9. The summed E-state index contributed by atoms with van der Waals surface area (Å²) < 4.78 is 5.63. The Morgan fingerprint density at radius 1 is 1.12 bits per heavy atom. The van der Waals surface area contributed by atoms with Crippen molar-refractivity contribution in [2.75, 3.05) is 0 Å². The van der Waals surface area contributed by atoms with Crippen LogP contribution < -0.4 is 5.43 Å². The van der Waals surface area contributed by atoms with Gasteiger partial charge >= 0.3 is 0 Å². The second-order valence-corrected chi connectivity index (χ2v) is 6.22. The molecule has 5 nitrogen and oxygen atoms in total. The fourth-order valence-corrected chi connectivity index (χ4v) is 2.77. The summed E-state index contributed by atoms with van der Waals surface area (Å²) in [5.41, 5.74) is 3.45. The van der Waals surface area contributed by atoms with E-state index in [0.717, 1.165) is 0 Å². The van der Waals surface area contributed by atoms with E-state index in [4.69, 9.17) is 27.6 Å². The molecular formula is C19H14Cl2N2O3. The number of aliphatic hydroxyl groups is 1. The van der Waals surface area contributed by atoms with Gasteiger partial charge in [-0.1, -0.05) is 53.5 Å². The molecule has 0 aliphatic heterocycles. The second kappa shape index (κ2) is 8.19. The normalized spacial score (nSPS) is 12.3. The highest BCUT2D eigenvalue weighted by atomic mass is 35.5. The predicted molar refractivity (Wildman–Crippen MR) is 101 cm³/mol. The molecule has 0 aliphatic carbocycles. The van der Waals surface area contributed by atoms with Gasteiger partial charge in [-0.3, -0.25) is 4.79 Å². The first-order valence-electron chi connectivity index (χ1n) is 7.66. The number of nitrogens with one attached hydrogen (secondary N) is 1. The number of furan rings is 1. The Morgan fingerprint density at radius 2 is 1.88 bits per heavy atom. The van der Waals surface area contributed by atoms with Crippen molar-refractivity contribution in [3.63, 3.8) is 0 Å². The number of rotatable bonds is 5. The lowest BCUT2D eigenvalue weighted by Gasteiger charge is -2.08. The second-order valence-electron chi connectivity index (χ2n) is 5.37. The zero-order valence-corrected chi connectivity index (χ0v) is 14.9. The lowest BCUT2D eigenvalue weighted by Crippen LogP contribution is -2.25. The fourth-order valence-electron chi connectivity index (χ4n) is 2.26. The first-order valence-corrected chi connectivity index (χ1v) is 8.41. The molecule has 7 heteroatoms. The standard InChI is InChI=1S/C19H14Cl2N2O3/c20-13-6-8-15(16(21)10-13)17-9-7-14(26-17)11-22-23-19(25)18(24)12-4-2-1-3-5-12/h1-11,18,24H,(H,23,25). The third-order valence-corrected chi connectivity index (χ3v) is 4.10. The maximum absolute atomic E-state index is 11.9. The van der Waals surface area contributed by atoms with Crippen LogP contribution in [0.3, 0.4) is 0 Å². The van der Waals surface area contributed by atoms with Crippen LogP contribution in [0.2, 0.25) is 10.0 Å². The Balaban J connectivity index is 1.64. The molecule has 1 aromatic heterocycles. The minimum absolute atomic E-state index is 0.417. The zero-order chi connectivity index (χ0) is 18.5. The summed E-state index contributed by atoms with van der Waals surface area (Å²) in [6.07, 6.45) is 0.0385. The van der Waals surface area contributed by atoms with Gasteiger partial charge in [0.1, 0.15) is 11.5 Å². The van der Waals surface area contributed by atoms with Crippen LogP contribution >= 0.6 is 23.2 Å². The van der Waals surface area contributed by atoms with Gasteiger partial charge in [-0.2, -0.15) is 5.10 Å². The third kappa shape index (κ3) is 4.32. The average Bonchev–Trinajstić information content (AvgIpc) is 3.10. The molecule has 1 unspecified atom stereocenters. The highest BCUT2D eigenvalue weighted by Gasteiger charge is 2.16. The molecule has 3 rings (SSSR count). The molecule has 1 amide bonds. The average molecular weight is 389 g/mol. The maximum Gasteiger partial charge on any atom is 0.273 e. The monoisotopic (exact) mass is 388 g/mol. The van der Waals surface area contributed by atoms with Crippen molar-refractivity contribution in [2.24, 2.45) is 5.10 Å². The van der Waals surface area contributed by atoms with Gasteiger partial charge in [0.25, 0.3) is 5.91 Å². The number of hydrazone groups is 1. The first-order chi connectivity index (χ1) is 12.5.